The fraction of sp³-hybridized carbons (Fsp3) is 0.348. The Bertz CT molecular complexity index is 788. The van der Waals surface area contributed by atoms with E-state index in [-0.39, 0.29) is 42.8 Å². The van der Waals surface area contributed by atoms with Gasteiger partial charge in [-0.3, -0.25) is 14.4 Å². The molecule has 0 radical (unpaired) electrons. The Kier molecular flexibility index (Phi) is 8.89. The van der Waals surface area contributed by atoms with Crippen molar-refractivity contribution in [2.24, 2.45) is 0 Å². The minimum absolute atomic E-state index is 0.0798. The van der Waals surface area contributed by atoms with Gasteiger partial charge in [0, 0.05) is 18.8 Å². The van der Waals surface area contributed by atoms with Gasteiger partial charge in [0.2, 0.25) is 0 Å². The molecular formula is C23H26O6. The Labute approximate surface area is 170 Å². The first-order chi connectivity index (χ1) is 14.0. The van der Waals surface area contributed by atoms with Crippen molar-refractivity contribution in [2.45, 2.75) is 31.6 Å². The zero-order valence-corrected chi connectivity index (χ0v) is 16.7. The molecule has 1 fully saturated rings. The molecule has 1 aliphatic heterocycles. The monoisotopic (exact) mass is 398 g/mol. The average molecular weight is 398 g/mol. The van der Waals surface area contributed by atoms with Crippen LogP contribution in [0.4, 0.5) is 0 Å². The van der Waals surface area contributed by atoms with E-state index >= 15 is 0 Å². The van der Waals surface area contributed by atoms with E-state index in [4.69, 9.17) is 9.47 Å². The van der Waals surface area contributed by atoms with Gasteiger partial charge in [0.25, 0.3) is 0 Å². The second-order valence-electron chi connectivity index (χ2n) is 6.69. The molecular weight excluding hydrogens is 372 g/mol. The molecule has 0 aliphatic carbocycles. The molecule has 3 rings (SSSR count). The van der Waals surface area contributed by atoms with Crippen LogP contribution in [-0.2, 0) is 28.6 Å². The molecule has 2 atom stereocenters. The van der Waals surface area contributed by atoms with Crippen molar-refractivity contribution in [1.29, 1.82) is 0 Å². The summed E-state index contributed by atoms with van der Waals surface area (Å²) in [7, 11) is 1.34. The van der Waals surface area contributed by atoms with E-state index < -0.39 is 0 Å². The number of hydrogen-bond acceptors (Lipinski definition) is 6. The quantitative estimate of drug-likeness (QED) is 0.546. The van der Waals surface area contributed by atoms with Crippen molar-refractivity contribution in [3.63, 3.8) is 0 Å². The van der Waals surface area contributed by atoms with E-state index in [0.29, 0.717) is 13.0 Å². The van der Waals surface area contributed by atoms with Gasteiger partial charge in [0.15, 0.2) is 0 Å². The van der Waals surface area contributed by atoms with Gasteiger partial charge in [-0.05, 0) is 11.1 Å². The minimum Gasteiger partial charge on any atom is -0.469 e. The first-order valence-corrected chi connectivity index (χ1v) is 9.45. The van der Waals surface area contributed by atoms with E-state index in [1.165, 1.54) is 19.6 Å². The molecule has 0 saturated carbocycles. The highest BCUT2D eigenvalue weighted by atomic mass is 16.5. The summed E-state index contributed by atoms with van der Waals surface area (Å²) in [5, 5.41) is 0. The molecule has 1 aliphatic rings. The SMILES string of the molecule is COC(=O)CC(COC(C)=O)c1ccccc1.O=C1CC(c2ccccc2)CO1. The number of carbonyl (C=O) groups is 3. The van der Waals surface area contributed by atoms with Crippen LogP contribution in [0.15, 0.2) is 60.7 Å². The largest absolute Gasteiger partial charge is 0.469 e. The van der Waals surface area contributed by atoms with Crippen LogP contribution < -0.4 is 0 Å². The number of benzene rings is 2. The molecule has 6 heteroatoms. The maximum absolute atomic E-state index is 11.3. The van der Waals surface area contributed by atoms with Crippen LogP contribution in [0.5, 0.6) is 0 Å². The van der Waals surface area contributed by atoms with Crippen LogP contribution in [0.1, 0.15) is 42.7 Å². The molecule has 0 amide bonds. The molecule has 0 bridgehead atoms. The number of hydrogen-bond donors (Lipinski definition) is 0. The van der Waals surface area contributed by atoms with E-state index in [1.807, 2.05) is 60.7 Å². The summed E-state index contributed by atoms with van der Waals surface area (Å²) in [6, 6.07) is 19.5. The maximum atomic E-state index is 11.3. The predicted octanol–water partition coefficient (Wildman–Crippen LogP) is 3.61. The van der Waals surface area contributed by atoms with Gasteiger partial charge < -0.3 is 14.2 Å². The van der Waals surface area contributed by atoms with Crippen LogP contribution in [0.25, 0.3) is 0 Å². The van der Waals surface area contributed by atoms with Gasteiger partial charge >= 0.3 is 17.9 Å². The Balaban J connectivity index is 0.000000218. The first kappa shape index (κ1) is 22.1. The van der Waals surface area contributed by atoms with Crippen LogP contribution in [-0.4, -0.2) is 38.2 Å². The second kappa shape index (κ2) is 11.6. The third-order valence-electron chi connectivity index (χ3n) is 4.53. The van der Waals surface area contributed by atoms with Gasteiger partial charge in [-0.15, -0.1) is 0 Å². The third kappa shape index (κ3) is 7.78. The fourth-order valence-electron chi connectivity index (χ4n) is 2.95. The third-order valence-corrected chi connectivity index (χ3v) is 4.53. The molecule has 1 heterocycles. The topological polar surface area (TPSA) is 78.9 Å². The Morgan fingerprint density at radius 3 is 2.21 bits per heavy atom. The Morgan fingerprint density at radius 1 is 1.07 bits per heavy atom. The van der Waals surface area contributed by atoms with Crippen molar-refractivity contribution >= 4 is 17.9 Å². The summed E-state index contributed by atoms with van der Waals surface area (Å²) in [5.41, 5.74) is 2.16. The molecule has 0 spiro atoms. The normalized spacial score (nSPS) is 16.1. The zero-order valence-electron chi connectivity index (χ0n) is 16.7. The Morgan fingerprint density at radius 2 is 1.69 bits per heavy atom. The molecule has 6 nitrogen and oxygen atoms in total. The predicted molar refractivity (Wildman–Crippen MR) is 107 cm³/mol. The average Bonchev–Trinajstić information content (AvgIpc) is 3.19. The number of cyclic esters (lactones) is 1. The number of carbonyl (C=O) groups excluding carboxylic acids is 3. The summed E-state index contributed by atoms with van der Waals surface area (Å²) < 4.78 is 14.5. The zero-order chi connectivity index (χ0) is 21.1. The highest BCUT2D eigenvalue weighted by Gasteiger charge is 2.24. The highest BCUT2D eigenvalue weighted by molar-refractivity contribution is 5.72. The molecule has 1 saturated heterocycles. The van der Waals surface area contributed by atoms with Crippen LogP contribution in [0.3, 0.4) is 0 Å². The van der Waals surface area contributed by atoms with Crippen molar-refractivity contribution < 1.29 is 28.6 Å². The number of esters is 3. The number of methoxy groups -OCH3 is 1. The summed E-state index contributed by atoms with van der Waals surface area (Å²) in [6.07, 6.45) is 0.734. The van der Waals surface area contributed by atoms with E-state index in [1.54, 1.807) is 0 Å². The van der Waals surface area contributed by atoms with Gasteiger partial charge in [-0.25, -0.2) is 0 Å². The van der Waals surface area contributed by atoms with E-state index in [2.05, 4.69) is 4.74 Å². The molecule has 2 aromatic rings. The summed E-state index contributed by atoms with van der Waals surface area (Å²) in [5.74, 6) is -0.628. The first-order valence-electron chi connectivity index (χ1n) is 9.45. The minimum atomic E-state index is -0.351. The molecule has 2 aromatic carbocycles. The fourth-order valence-corrected chi connectivity index (χ4v) is 2.95. The summed E-state index contributed by atoms with van der Waals surface area (Å²) in [4.78, 5) is 32.9. The summed E-state index contributed by atoms with van der Waals surface area (Å²) >= 11 is 0. The molecule has 154 valence electrons. The summed E-state index contributed by atoms with van der Waals surface area (Å²) in [6.45, 7) is 2.08. The second-order valence-corrected chi connectivity index (χ2v) is 6.69. The molecule has 29 heavy (non-hydrogen) atoms. The van der Waals surface area contributed by atoms with Gasteiger partial charge in [0.1, 0.15) is 0 Å². The van der Waals surface area contributed by atoms with Gasteiger partial charge in [-0.1, -0.05) is 60.7 Å². The lowest BCUT2D eigenvalue weighted by Crippen LogP contribution is -2.15. The molecule has 0 aromatic heterocycles. The molecule has 0 N–H and O–H groups in total. The highest BCUT2D eigenvalue weighted by Crippen LogP contribution is 2.25. The van der Waals surface area contributed by atoms with Crippen molar-refractivity contribution in [2.75, 3.05) is 20.3 Å². The lowest BCUT2D eigenvalue weighted by atomic mass is 9.97. The molecule has 2 unspecified atom stereocenters. The van der Waals surface area contributed by atoms with Crippen molar-refractivity contribution in [3.8, 4) is 0 Å². The van der Waals surface area contributed by atoms with Crippen molar-refractivity contribution in [1.82, 2.24) is 0 Å². The van der Waals surface area contributed by atoms with E-state index in [9.17, 15) is 14.4 Å². The lowest BCUT2D eigenvalue weighted by Gasteiger charge is -2.15. The van der Waals surface area contributed by atoms with Crippen molar-refractivity contribution in [3.05, 3.63) is 71.8 Å². The lowest BCUT2D eigenvalue weighted by molar-refractivity contribution is -0.145. The Hall–Kier alpha value is -3.15. The number of rotatable bonds is 6. The smallest absolute Gasteiger partial charge is 0.306 e. The number of ether oxygens (including phenoxy) is 3. The van der Waals surface area contributed by atoms with E-state index in [0.717, 1.165) is 5.56 Å². The van der Waals surface area contributed by atoms with Crippen LogP contribution >= 0.6 is 0 Å². The van der Waals surface area contributed by atoms with Crippen LogP contribution in [0.2, 0.25) is 0 Å². The van der Waals surface area contributed by atoms with Gasteiger partial charge in [0.05, 0.1) is 33.2 Å². The standard InChI is InChI=1S/C13H16O4.C10H10O2/c1-10(14)17-9-12(8-13(15)16-2)11-6-4-3-5-7-11;11-10-6-9(7-12-10)8-4-2-1-3-5-8/h3-7,12H,8-9H2,1-2H3;1-5,9H,6-7H2. The van der Waals surface area contributed by atoms with Gasteiger partial charge in [-0.2, -0.15) is 0 Å². The van der Waals surface area contributed by atoms with Crippen LogP contribution in [0, 0.1) is 0 Å². The maximum Gasteiger partial charge on any atom is 0.306 e.